The lowest BCUT2D eigenvalue weighted by molar-refractivity contribution is -0.132. The first kappa shape index (κ1) is 28.8. The average molecular weight is 592 g/mol. The first-order valence-corrected chi connectivity index (χ1v) is 14.4. The van der Waals surface area contributed by atoms with Crippen LogP contribution in [0.3, 0.4) is 0 Å². The summed E-state index contributed by atoms with van der Waals surface area (Å²) >= 11 is 0. The molecule has 0 aliphatic carbocycles. The molecule has 0 N–H and O–H groups in total. The van der Waals surface area contributed by atoms with Crippen molar-refractivity contribution in [1.82, 2.24) is 14.7 Å². The first-order chi connectivity index (χ1) is 21.5. The monoisotopic (exact) mass is 591 g/mol. The highest BCUT2D eigenvalue weighted by Crippen LogP contribution is 2.44. The van der Waals surface area contributed by atoms with Gasteiger partial charge in [0.2, 0.25) is 5.91 Å². The van der Waals surface area contributed by atoms with Crippen molar-refractivity contribution in [3.63, 3.8) is 0 Å². The summed E-state index contributed by atoms with van der Waals surface area (Å²) in [6.45, 7) is 0.669. The minimum atomic E-state index is -0.301. The smallest absolute Gasteiger partial charge is 0.275 e. The molecule has 1 amide bonds. The van der Waals surface area contributed by atoms with Gasteiger partial charge in [-0.2, -0.15) is 5.10 Å². The number of methoxy groups -OCH3 is 3. The van der Waals surface area contributed by atoms with Crippen LogP contribution in [0.15, 0.2) is 89.7 Å². The van der Waals surface area contributed by atoms with Crippen LogP contribution in [0.4, 0.5) is 0 Å². The molecule has 1 aromatic heterocycles. The zero-order chi connectivity index (χ0) is 30.6. The molecule has 0 unspecified atom stereocenters. The van der Waals surface area contributed by atoms with Crippen LogP contribution in [0.25, 0.3) is 21.9 Å². The Morgan fingerprint density at radius 1 is 0.841 bits per heavy atom. The number of hydrogen-bond donors (Lipinski definition) is 0. The van der Waals surface area contributed by atoms with Gasteiger partial charge in [-0.15, -0.1) is 0 Å². The van der Waals surface area contributed by atoms with E-state index in [2.05, 4.69) is 0 Å². The topological polar surface area (TPSA) is 92.1 Å². The second kappa shape index (κ2) is 12.5. The maximum Gasteiger partial charge on any atom is 0.275 e. The quantitative estimate of drug-likeness (QED) is 0.248. The lowest BCUT2D eigenvalue weighted by Crippen LogP contribution is -2.38. The van der Waals surface area contributed by atoms with E-state index in [1.807, 2.05) is 78.9 Å². The molecule has 44 heavy (non-hydrogen) atoms. The van der Waals surface area contributed by atoms with E-state index in [9.17, 15) is 9.59 Å². The lowest BCUT2D eigenvalue weighted by Gasteiger charge is -2.21. The molecule has 0 bridgehead atoms. The van der Waals surface area contributed by atoms with Gasteiger partial charge in [-0.1, -0.05) is 54.6 Å². The molecular weight excluding hydrogens is 558 g/mol. The van der Waals surface area contributed by atoms with E-state index in [1.54, 1.807) is 32.3 Å². The zero-order valence-corrected chi connectivity index (χ0v) is 24.9. The summed E-state index contributed by atoms with van der Waals surface area (Å²) in [5.41, 5.74) is 3.83. The fourth-order valence-corrected chi connectivity index (χ4v) is 5.69. The van der Waals surface area contributed by atoms with E-state index in [1.165, 1.54) is 4.68 Å². The minimum absolute atomic E-state index is 0.196. The van der Waals surface area contributed by atoms with Crippen molar-refractivity contribution in [3.05, 3.63) is 112 Å². The van der Waals surface area contributed by atoms with Gasteiger partial charge in [0.1, 0.15) is 24.7 Å². The van der Waals surface area contributed by atoms with Gasteiger partial charge in [0.15, 0.2) is 11.5 Å². The molecule has 2 heterocycles. The number of aromatic nitrogens is 2. The van der Waals surface area contributed by atoms with E-state index in [-0.39, 0.29) is 31.2 Å². The highest BCUT2D eigenvalue weighted by Gasteiger charge is 2.26. The molecule has 9 heteroatoms. The second-order valence-corrected chi connectivity index (χ2v) is 10.5. The standard InChI is InChI=1S/C35H33N3O6/c1-41-29-14-9-15-30(42-2)33(29)24-19-25-21-37(16-17-44-34(25)31(20-24)43-3)32(39)22-38-35(40)27-13-8-7-12-26(27)28(36-38)18-23-10-5-4-6-11-23/h4-15,19-20H,16-18,21-22H2,1-3H3. The number of fused-ring (bicyclic) bond motifs is 2. The van der Waals surface area contributed by atoms with E-state index < -0.39 is 0 Å². The Morgan fingerprint density at radius 2 is 1.52 bits per heavy atom. The highest BCUT2D eigenvalue weighted by atomic mass is 16.5. The molecule has 1 aliphatic heterocycles. The summed E-state index contributed by atoms with van der Waals surface area (Å²) in [4.78, 5) is 29.0. The van der Waals surface area contributed by atoms with Crippen molar-refractivity contribution in [3.8, 4) is 34.1 Å². The predicted octanol–water partition coefficient (Wildman–Crippen LogP) is 5.10. The maximum atomic E-state index is 13.8. The Balaban J connectivity index is 1.34. The first-order valence-electron chi connectivity index (χ1n) is 14.4. The van der Waals surface area contributed by atoms with E-state index >= 15 is 0 Å². The van der Waals surface area contributed by atoms with Gasteiger partial charge in [0.25, 0.3) is 5.56 Å². The van der Waals surface area contributed by atoms with E-state index in [4.69, 9.17) is 24.0 Å². The average Bonchev–Trinajstić information content (AvgIpc) is 3.29. The summed E-state index contributed by atoms with van der Waals surface area (Å²) in [7, 11) is 4.80. The minimum Gasteiger partial charge on any atom is -0.496 e. The maximum absolute atomic E-state index is 13.8. The van der Waals surface area contributed by atoms with Crippen LogP contribution in [-0.4, -0.2) is 55.1 Å². The van der Waals surface area contributed by atoms with Crippen molar-refractivity contribution in [2.24, 2.45) is 0 Å². The number of nitrogens with zero attached hydrogens (tertiary/aromatic N) is 3. The Bertz CT molecular complexity index is 1860. The van der Waals surface area contributed by atoms with Crippen LogP contribution in [0, 0.1) is 0 Å². The summed E-state index contributed by atoms with van der Waals surface area (Å²) in [5.74, 6) is 2.16. The van der Waals surface area contributed by atoms with Crippen LogP contribution in [0.5, 0.6) is 23.0 Å². The molecule has 0 saturated heterocycles. The summed E-state index contributed by atoms with van der Waals surface area (Å²) in [6.07, 6.45) is 0.537. The van der Waals surface area contributed by atoms with Crippen molar-refractivity contribution in [2.75, 3.05) is 34.5 Å². The molecule has 0 saturated carbocycles. The normalized spacial score (nSPS) is 12.7. The van der Waals surface area contributed by atoms with Gasteiger partial charge >= 0.3 is 0 Å². The number of hydrogen-bond acceptors (Lipinski definition) is 7. The molecule has 9 nitrogen and oxygen atoms in total. The third kappa shape index (κ3) is 5.56. The Labute approximate surface area is 255 Å². The molecule has 6 rings (SSSR count). The van der Waals surface area contributed by atoms with Crippen molar-refractivity contribution >= 4 is 16.7 Å². The molecule has 5 aromatic rings. The fourth-order valence-electron chi connectivity index (χ4n) is 5.69. The molecule has 0 radical (unpaired) electrons. The van der Waals surface area contributed by atoms with Gasteiger partial charge in [-0.3, -0.25) is 9.59 Å². The van der Waals surface area contributed by atoms with Crippen molar-refractivity contribution in [2.45, 2.75) is 19.5 Å². The van der Waals surface area contributed by atoms with Crippen LogP contribution >= 0.6 is 0 Å². The number of benzene rings is 4. The Hall–Kier alpha value is -5.31. The van der Waals surface area contributed by atoms with Crippen LogP contribution in [0.1, 0.15) is 16.8 Å². The second-order valence-electron chi connectivity index (χ2n) is 10.5. The molecule has 0 fully saturated rings. The largest absolute Gasteiger partial charge is 0.496 e. The van der Waals surface area contributed by atoms with E-state index in [0.717, 1.165) is 33.3 Å². The highest BCUT2D eigenvalue weighted by molar-refractivity contribution is 5.84. The predicted molar refractivity (Wildman–Crippen MR) is 168 cm³/mol. The van der Waals surface area contributed by atoms with Gasteiger partial charge < -0.3 is 23.8 Å². The van der Waals surface area contributed by atoms with Gasteiger partial charge in [-0.25, -0.2) is 4.68 Å². The molecular formula is C35H33N3O6. The van der Waals surface area contributed by atoms with Gasteiger partial charge in [0, 0.05) is 23.9 Å². The molecule has 1 aliphatic rings. The summed E-state index contributed by atoms with van der Waals surface area (Å²) in [6, 6.07) is 26.8. The number of ether oxygens (including phenoxy) is 4. The zero-order valence-electron chi connectivity index (χ0n) is 24.9. The van der Waals surface area contributed by atoms with Crippen LogP contribution in [-0.2, 0) is 24.3 Å². The van der Waals surface area contributed by atoms with Gasteiger partial charge in [0.05, 0.1) is 44.5 Å². The van der Waals surface area contributed by atoms with Crippen LogP contribution < -0.4 is 24.5 Å². The number of carbonyl (C=O) groups is 1. The van der Waals surface area contributed by atoms with Crippen LogP contribution in [0.2, 0.25) is 0 Å². The SMILES string of the molecule is COc1cc(-c2c(OC)cccc2OC)cc2c1OCCN(C(=O)Cn1nc(Cc3ccccc3)c3ccccc3c1=O)C2. The van der Waals surface area contributed by atoms with E-state index in [0.29, 0.717) is 41.3 Å². The molecule has 224 valence electrons. The molecule has 0 atom stereocenters. The third-order valence-corrected chi connectivity index (χ3v) is 7.83. The lowest BCUT2D eigenvalue weighted by atomic mass is 9.99. The van der Waals surface area contributed by atoms with Crippen molar-refractivity contribution in [1.29, 1.82) is 0 Å². The Kier molecular flexibility index (Phi) is 8.18. The summed E-state index contributed by atoms with van der Waals surface area (Å²) in [5, 5.41) is 6.01. The van der Waals surface area contributed by atoms with Gasteiger partial charge in [-0.05, 0) is 41.5 Å². The number of amides is 1. The van der Waals surface area contributed by atoms with Crippen molar-refractivity contribution < 1.29 is 23.7 Å². The molecule has 0 spiro atoms. The third-order valence-electron chi connectivity index (χ3n) is 7.83. The Morgan fingerprint density at radius 3 is 2.23 bits per heavy atom. The summed E-state index contributed by atoms with van der Waals surface area (Å²) < 4.78 is 24.4. The number of rotatable bonds is 8. The molecule has 4 aromatic carbocycles. The fraction of sp³-hybridized carbons (Fsp3) is 0.229. The number of carbonyl (C=O) groups excluding carboxylic acids is 1.